The maximum Gasteiger partial charge on any atom is 0.306 e. The van der Waals surface area contributed by atoms with Crippen LogP contribution in [0.5, 0.6) is 5.75 Å². The minimum atomic E-state index is -0.624. The Balaban J connectivity index is 1.68. The van der Waals surface area contributed by atoms with Crippen molar-refractivity contribution in [2.24, 2.45) is 11.8 Å². The topological polar surface area (TPSA) is 46.5 Å². The van der Waals surface area contributed by atoms with Crippen molar-refractivity contribution in [2.45, 2.75) is 32.1 Å². The van der Waals surface area contributed by atoms with Crippen molar-refractivity contribution in [3.8, 4) is 5.75 Å². The van der Waals surface area contributed by atoms with Gasteiger partial charge in [0.1, 0.15) is 5.75 Å². The minimum Gasteiger partial charge on any atom is -0.494 e. The molecule has 0 saturated heterocycles. The van der Waals surface area contributed by atoms with Gasteiger partial charge in [0.05, 0.1) is 12.5 Å². The second kappa shape index (κ2) is 6.43. The molecule has 2 atom stereocenters. The highest BCUT2D eigenvalue weighted by atomic mass is 16.5. The van der Waals surface area contributed by atoms with E-state index in [1.165, 1.54) is 0 Å². The lowest BCUT2D eigenvalue weighted by molar-refractivity contribution is -0.143. The molecule has 0 bridgehead atoms. The zero-order valence-corrected chi connectivity index (χ0v) is 10.5. The van der Waals surface area contributed by atoms with Gasteiger partial charge in [0, 0.05) is 0 Å². The molecule has 18 heavy (non-hydrogen) atoms. The van der Waals surface area contributed by atoms with E-state index in [1.807, 2.05) is 30.3 Å². The summed E-state index contributed by atoms with van der Waals surface area (Å²) in [6.07, 6.45) is 4.86. The number of benzene rings is 1. The highest BCUT2D eigenvalue weighted by molar-refractivity contribution is 5.70. The number of ether oxygens (including phenoxy) is 1. The van der Waals surface area contributed by atoms with Gasteiger partial charge < -0.3 is 9.84 Å². The first-order chi connectivity index (χ1) is 8.77. The van der Waals surface area contributed by atoms with E-state index in [2.05, 4.69) is 0 Å². The van der Waals surface area contributed by atoms with Crippen molar-refractivity contribution in [3.05, 3.63) is 30.3 Å². The molecule has 0 aromatic heterocycles. The van der Waals surface area contributed by atoms with Crippen LogP contribution in [0.4, 0.5) is 0 Å². The van der Waals surface area contributed by atoms with E-state index in [-0.39, 0.29) is 5.92 Å². The fraction of sp³-hybridized carbons (Fsp3) is 0.533. The van der Waals surface area contributed by atoms with Gasteiger partial charge in [0.2, 0.25) is 0 Å². The molecule has 1 aliphatic carbocycles. The zero-order chi connectivity index (χ0) is 12.8. The van der Waals surface area contributed by atoms with Crippen LogP contribution in [0.25, 0.3) is 0 Å². The molecule has 0 aliphatic heterocycles. The van der Waals surface area contributed by atoms with Gasteiger partial charge in [-0.2, -0.15) is 0 Å². The highest BCUT2D eigenvalue weighted by Crippen LogP contribution is 2.35. The van der Waals surface area contributed by atoms with Crippen LogP contribution in [0, 0.1) is 11.8 Å². The smallest absolute Gasteiger partial charge is 0.306 e. The second-order valence-electron chi connectivity index (χ2n) is 4.94. The van der Waals surface area contributed by atoms with Crippen LogP contribution < -0.4 is 4.74 Å². The summed E-state index contributed by atoms with van der Waals surface area (Å²) in [4.78, 5) is 11.0. The first-order valence-electron chi connectivity index (χ1n) is 6.68. The summed E-state index contributed by atoms with van der Waals surface area (Å²) in [5.74, 6) is 0.490. The average molecular weight is 248 g/mol. The van der Waals surface area contributed by atoms with Gasteiger partial charge in [-0.1, -0.05) is 24.6 Å². The summed E-state index contributed by atoms with van der Waals surface area (Å²) in [5.41, 5.74) is 0. The molecule has 0 radical (unpaired) electrons. The van der Waals surface area contributed by atoms with Crippen LogP contribution in [0.1, 0.15) is 32.1 Å². The van der Waals surface area contributed by atoms with E-state index in [4.69, 9.17) is 9.84 Å². The van der Waals surface area contributed by atoms with Gasteiger partial charge in [0.15, 0.2) is 0 Å². The monoisotopic (exact) mass is 248 g/mol. The fourth-order valence-electron chi connectivity index (χ4n) is 2.76. The van der Waals surface area contributed by atoms with Crippen molar-refractivity contribution >= 4 is 5.97 Å². The van der Waals surface area contributed by atoms with E-state index >= 15 is 0 Å². The fourth-order valence-corrected chi connectivity index (χ4v) is 2.76. The summed E-state index contributed by atoms with van der Waals surface area (Å²) >= 11 is 0. The van der Waals surface area contributed by atoms with Crippen molar-refractivity contribution in [1.82, 2.24) is 0 Å². The number of aliphatic carboxylic acids is 1. The highest BCUT2D eigenvalue weighted by Gasteiger charge is 2.32. The summed E-state index contributed by atoms with van der Waals surface area (Å²) < 4.78 is 5.61. The van der Waals surface area contributed by atoms with Gasteiger partial charge >= 0.3 is 5.97 Å². The van der Waals surface area contributed by atoms with E-state index < -0.39 is 5.97 Å². The van der Waals surface area contributed by atoms with Crippen molar-refractivity contribution in [2.75, 3.05) is 6.61 Å². The van der Waals surface area contributed by atoms with E-state index in [0.717, 1.165) is 37.9 Å². The predicted molar refractivity (Wildman–Crippen MR) is 69.6 cm³/mol. The first-order valence-corrected chi connectivity index (χ1v) is 6.68. The van der Waals surface area contributed by atoms with Crippen molar-refractivity contribution in [1.29, 1.82) is 0 Å². The third-order valence-corrected chi connectivity index (χ3v) is 3.71. The predicted octanol–water partition coefficient (Wildman–Crippen LogP) is 3.35. The number of hydrogen-bond acceptors (Lipinski definition) is 2. The molecular weight excluding hydrogens is 228 g/mol. The van der Waals surface area contributed by atoms with Crippen LogP contribution in [-0.2, 0) is 4.79 Å². The third kappa shape index (κ3) is 3.49. The summed E-state index contributed by atoms with van der Waals surface area (Å²) in [7, 11) is 0. The Bertz CT molecular complexity index is 375. The van der Waals surface area contributed by atoms with Crippen molar-refractivity contribution in [3.63, 3.8) is 0 Å². The van der Waals surface area contributed by atoms with Crippen LogP contribution in [0.3, 0.4) is 0 Å². The summed E-state index contributed by atoms with van der Waals surface area (Å²) in [6, 6.07) is 9.74. The van der Waals surface area contributed by atoms with Gasteiger partial charge in [-0.3, -0.25) is 4.79 Å². The summed E-state index contributed by atoms with van der Waals surface area (Å²) in [5, 5.41) is 9.09. The Labute approximate surface area is 108 Å². The summed E-state index contributed by atoms with van der Waals surface area (Å²) in [6.45, 7) is 0.673. The van der Waals surface area contributed by atoms with Crippen LogP contribution in [-0.4, -0.2) is 17.7 Å². The third-order valence-electron chi connectivity index (χ3n) is 3.71. The molecule has 98 valence electrons. The lowest BCUT2D eigenvalue weighted by atomic mass is 9.92. The largest absolute Gasteiger partial charge is 0.494 e. The molecule has 1 N–H and O–H groups in total. The van der Waals surface area contributed by atoms with E-state index in [9.17, 15) is 4.79 Å². The molecule has 1 aromatic rings. The number of carbonyl (C=O) groups is 1. The number of para-hydroxylation sites is 1. The Morgan fingerprint density at radius 2 is 2.06 bits per heavy atom. The Kier molecular flexibility index (Phi) is 4.62. The number of carboxylic acid groups (broad SMARTS) is 1. The lowest BCUT2D eigenvalue weighted by Gasteiger charge is -2.15. The molecule has 1 saturated carbocycles. The molecule has 2 rings (SSSR count). The first kappa shape index (κ1) is 12.9. The molecule has 1 aliphatic rings. The Morgan fingerprint density at radius 3 is 2.78 bits per heavy atom. The van der Waals surface area contributed by atoms with Gasteiger partial charge in [0.25, 0.3) is 0 Å². The molecule has 1 aromatic carbocycles. The normalized spacial score (nSPS) is 22.9. The van der Waals surface area contributed by atoms with Crippen molar-refractivity contribution < 1.29 is 14.6 Å². The second-order valence-corrected chi connectivity index (χ2v) is 4.94. The molecule has 0 amide bonds. The van der Waals surface area contributed by atoms with Gasteiger partial charge in [-0.25, -0.2) is 0 Å². The molecule has 0 heterocycles. The van der Waals surface area contributed by atoms with E-state index in [1.54, 1.807) is 0 Å². The molecule has 0 spiro atoms. The molecule has 3 heteroatoms. The lowest BCUT2D eigenvalue weighted by Crippen LogP contribution is -2.18. The average Bonchev–Trinajstić information content (AvgIpc) is 2.84. The minimum absolute atomic E-state index is 0.123. The van der Waals surface area contributed by atoms with Crippen LogP contribution in [0.2, 0.25) is 0 Å². The molecule has 3 nitrogen and oxygen atoms in total. The van der Waals surface area contributed by atoms with Gasteiger partial charge in [-0.15, -0.1) is 0 Å². The molecule has 1 fully saturated rings. The maximum atomic E-state index is 11.0. The quantitative estimate of drug-likeness (QED) is 0.785. The van der Waals surface area contributed by atoms with Crippen LogP contribution in [0.15, 0.2) is 30.3 Å². The molecular formula is C15H20O3. The standard InChI is InChI=1S/C15H20O3/c16-15(17)14-10-4-6-12(14)7-5-11-18-13-8-2-1-3-9-13/h1-3,8-9,12,14H,4-7,10-11H2,(H,16,17). The maximum absolute atomic E-state index is 11.0. The number of hydrogen-bond donors (Lipinski definition) is 1. The number of rotatable bonds is 6. The molecule has 2 unspecified atom stereocenters. The SMILES string of the molecule is O=C(O)C1CCCC1CCCOc1ccccc1. The van der Waals surface area contributed by atoms with Gasteiger partial charge in [-0.05, 0) is 43.7 Å². The number of carboxylic acids is 1. The Hall–Kier alpha value is -1.51. The Morgan fingerprint density at radius 1 is 1.28 bits per heavy atom. The zero-order valence-electron chi connectivity index (χ0n) is 10.5. The van der Waals surface area contributed by atoms with Crippen LogP contribution >= 0.6 is 0 Å². The van der Waals surface area contributed by atoms with E-state index in [0.29, 0.717) is 12.5 Å².